The average Bonchev–Trinajstić information content (AvgIpc) is 3.15. The summed E-state index contributed by atoms with van der Waals surface area (Å²) in [6.07, 6.45) is 10.1. The van der Waals surface area contributed by atoms with Crippen LogP contribution in [0.15, 0.2) is 0 Å². The van der Waals surface area contributed by atoms with Crippen LogP contribution in [0.2, 0.25) is 0 Å². The number of thiophene rings is 1. The molecule has 1 saturated heterocycles. The Balaban J connectivity index is 1.63. The van der Waals surface area contributed by atoms with E-state index in [4.69, 9.17) is 0 Å². The van der Waals surface area contributed by atoms with Gasteiger partial charge in [-0.1, -0.05) is 26.2 Å². The number of aliphatic carboxylic acids is 1. The molecule has 1 aromatic heterocycles. The lowest BCUT2D eigenvalue weighted by Crippen LogP contribution is -2.38. The van der Waals surface area contributed by atoms with Crippen molar-refractivity contribution in [1.29, 1.82) is 0 Å². The van der Waals surface area contributed by atoms with Gasteiger partial charge >= 0.3 is 5.97 Å². The largest absolute Gasteiger partial charge is 0.481 e. The summed E-state index contributed by atoms with van der Waals surface area (Å²) in [5.74, 6) is -1.60. The Labute approximate surface area is 188 Å². The molecule has 0 bridgehead atoms. The molecule has 4 rings (SSSR count). The van der Waals surface area contributed by atoms with Gasteiger partial charge in [0.15, 0.2) is 0 Å². The molecule has 0 spiro atoms. The second kappa shape index (κ2) is 9.72. The summed E-state index contributed by atoms with van der Waals surface area (Å²) in [5, 5.41) is 13.3. The fourth-order valence-electron chi connectivity index (χ4n) is 5.52. The molecule has 2 N–H and O–H groups in total. The minimum absolute atomic E-state index is 0.0425. The maximum Gasteiger partial charge on any atom is 0.307 e. The lowest BCUT2D eigenvalue weighted by atomic mass is 9.78. The molecule has 1 aromatic rings. The average molecular weight is 447 g/mol. The molecule has 31 heavy (non-hydrogen) atoms. The van der Waals surface area contributed by atoms with Crippen LogP contribution in [0.25, 0.3) is 0 Å². The lowest BCUT2D eigenvalue weighted by molar-refractivity contribution is -0.147. The van der Waals surface area contributed by atoms with Crippen molar-refractivity contribution in [2.45, 2.75) is 77.6 Å². The number of nitrogens with zero attached hydrogens (tertiary/aromatic N) is 1. The number of fused-ring (bicyclic) bond motifs is 1. The Bertz CT molecular complexity index is 843. The van der Waals surface area contributed by atoms with Crippen molar-refractivity contribution in [3.8, 4) is 0 Å². The van der Waals surface area contributed by atoms with E-state index < -0.39 is 17.8 Å². The molecule has 7 heteroatoms. The van der Waals surface area contributed by atoms with Crippen LogP contribution in [-0.2, 0) is 22.4 Å². The maximum atomic E-state index is 13.5. The second-order valence-corrected chi connectivity index (χ2v) is 10.5. The van der Waals surface area contributed by atoms with Gasteiger partial charge in [0, 0.05) is 18.0 Å². The first kappa shape index (κ1) is 22.3. The predicted octanol–water partition coefficient (Wildman–Crippen LogP) is 4.72. The fourth-order valence-corrected chi connectivity index (χ4v) is 6.87. The molecule has 3 aliphatic rings. The highest BCUT2D eigenvalue weighted by molar-refractivity contribution is 7.17. The normalized spacial score (nSPS) is 26.2. The Morgan fingerprint density at radius 1 is 1.03 bits per heavy atom. The van der Waals surface area contributed by atoms with Crippen LogP contribution in [0.1, 0.15) is 85.5 Å². The maximum absolute atomic E-state index is 13.5. The molecular weight excluding hydrogens is 412 g/mol. The molecule has 1 aliphatic heterocycles. The van der Waals surface area contributed by atoms with Gasteiger partial charge in [0.25, 0.3) is 5.91 Å². The van der Waals surface area contributed by atoms with Gasteiger partial charge in [-0.05, 0) is 62.8 Å². The van der Waals surface area contributed by atoms with Gasteiger partial charge in [-0.3, -0.25) is 14.4 Å². The Morgan fingerprint density at radius 2 is 1.74 bits per heavy atom. The molecule has 170 valence electrons. The number of rotatable bonds is 5. The number of carboxylic acids is 1. The minimum atomic E-state index is -0.888. The molecule has 2 fully saturated rings. The van der Waals surface area contributed by atoms with E-state index in [1.54, 1.807) is 11.3 Å². The summed E-state index contributed by atoms with van der Waals surface area (Å²) >= 11 is 1.55. The third kappa shape index (κ3) is 4.66. The summed E-state index contributed by atoms with van der Waals surface area (Å²) in [6.45, 7) is 3.76. The number of anilines is 1. The van der Waals surface area contributed by atoms with E-state index in [9.17, 15) is 19.5 Å². The third-order valence-corrected chi connectivity index (χ3v) is 8.63. The van der Waals surface area contributed by atoms with Gasteiger partial charge in [-0.2, -0.15) is 0 Å². The lowest BCUT2D eigenvalue weighted by Gasteiger charge is -2.29. The minimum Gasteiger partial charge on any atom is -0.481 e. The zero-order valence-electron chi connectivity index (χ0n) is 18.5. The SMILES string of the molecule is CC[C@H]1CCc2c(sc(NC(=O)[C@H]3CCCC[C@@H]3C(=O)O)c2C(=O)N2CCCCC2)C1. The smallest absolute Gasteiger partial charge is 0.307 e. The number of carboxylic acid groups (broad SMARTS) is 1. The molecule has 2 amide bonds. The zero-order valence-corrected chi connectivity index (χ0v) is 19.3. The highest BCUT2D eigenvalue weighted by Gasteiger charge is 2.37. The Hall–Kier alpha value is -1.89. The van der Waals surface area contributed by atoms with Crippen molar-refractivity contribution in [2.24, 2.45) is 17.8 Å². The number of likely N-dealkylation sites (tertiary alicyclic amines) is 1. The van der Waals surface area contributed by atoms with Crippen molar-refractivity contribution in [1.82, 2.24) is 4.90 Å². The van der Waals surface area contributed by atoms with E-state index in [2.05, 4.69) is 12.2 Å². The summed E-state index contributed by atoms with van der Waals surface area (Å²) in [4.78, 5) is 41.6. The summed E-state index contributed by atoms with van der Waals surface area (Å²) in [7, 11) is 0. The molecule has 2 heterocycles. The van der Waals surface area contributed by atoms with Crippen molar-refractivity contribution >= 4 is 34.1 Å². The molecule has 0 unspecified atom stereocenters. The highest BCUT2D eigenvalue weighted by Crippen LogP contribution is 2.42. The van der Waals surface area contributed by atoms with E-state index >= 15 is 0 Å². The van der Waals surface area contributed by atoms with Crippen LogP contribution in [0.3, 0.4) is 0 Å². The molecule has 2 aliphatic carbocycles. The van der Waals surface area contributed by atoms with Gasteiger partial charge < -0.3 is 15.3 Å². The Kier molecular flexibility index (Phi) is 6.99. The first-order valence-corrected chi connectivity index (χ1v) is 12.8. The summed E-state index contributed by atoms with van der Waals surface area (Å²) in [5.41, 5.74) is 1.81. The van der Waals surface area contributed by atoms with E-state index in [1.165, 1.54) is 4.88 Å². The second-order valence-electron chi connectivity index (χ2n) is 9.40. The molecule has 6 nitrogen and oxygen atoms in total. The standard InChI is InChI=1S/C24H34N2O4S/c1-2-15-10-11-18-19(14-15)31-22(20(18)23(28)26-12-6-3-7-13-26)25-21(27)16-8-4-5-9-17(16)24(29)30/h15-17H,2-14H2,1H3,(H,25,27)(H,29,30)/t15-,16-,17-/m0/s1. The van der Waals surface area contributed by atoms with Crippen LogP contribution in [0, 0.1) is 17.8 Å². The molecule has 3 atom stereocenters. The number of carbonyl (C=O) groups is 3. The van der Waals surface area contributed by atoms with E-state index in [0.717, 1.165) is 76.4 Å². The van der Waals surface area contributed by atoms with Crippen LogP contribution in [0.5, 0.6) is 0 Å². The topological polar surface area (TPSA) is 86.7 Å². The highest BCUT2D eigenvalue weighted by atomic mass is 32.1. The monoisotopic (exact) mass is 446 g/mol. The van der Waals surface area contributed by atoms with Gasteiger partial charge in [-0.25, -0.2) is 0 Å². The van der Waals surface area contributed by atoms with Gasteiger partial charge in [0.1, 0.15) is 5.00 Å². The number of piperidine rings is 1. The number of carbonyl (C=O) groups excluding carboxylic acids is 2. The van der Waals surface area contributed by atoms with Crippen molar-refractivity contribution < 1.29 is 19.5 Å². The van der Waals surface area contributed by atoms with E-state index in [1.807, 2.05) is 4.90 Å². The van der Waals surface area contributed by atoms with Crippen LogP contribution in [0.4, 0.5) is 5.00 Å². The van der Waals surface area contributed by atoms with Crippen LogP contribution < -0.4 is 5.32 Å². The molecule has 0 radical (unpaired) electrons. The van der Waals surface area contributed by atoms with Crippen LogP contribution >= 0.6 is 11.3 Å². The predicted molar refractivity (Wildman–Crippen MR) is 122 cm³/mol. The summed E-state index contributed by atoms with van der Waals surface area (Å²) in [6, 6.07) is 0. The van der Waals surface area contributed by atoms with Crippen molar-refractivity contribution in [3.05, 3.63) is 16.0 Å². The van der Waals surface area contributed by atoms with E-state index in [-0.39, 0.29) is 11.8 Å². The number of nitrogens with one attached hydrogen (secondary N) is 1. The first-order valence-electron chi connectivity index (χ1n) is 12.0. The quantitative estimate of drug-likeness (QED) is 0.685. The first-order chi connectivity index (χ1) is 15.0. The van der Waals surface area contributed by atoms with Gasteiger partial charge in [0.2, 0.25) is 5.91 Å². The number of hydrogen-bond donors (Lipinski definition) is 2. The fraction of sp³-hybridized carbons (Fsp3) is 0.708. The van der Waals surface area contributed by atoms with Crippen molar-refractivity contribution in [2.75, 3.05) is 18.4 Å². The van der Waals surface area contributed by atoms with Crippen molar-refractivity contribution in [3.63, 3.8) is 0 Å². The summed E-state index contributed by atoms with van der Waals surface area (Å²) < 4.78 is 0. The van der Waals surface area contributed by atoms with E-state index in [0.29, 0.717) is 29.3 Å². The van der Waals surface area contributed by atoms with Gasteiger partial charge in [0.05, 0.1) is 17.4 Å². The van der Waals surface area contributed by atoms with Crippen LogP contribution in [-0.4, -0.2) is 40.9 Å². The third-order valence-electron chi connectivity index (χ3n) is 7.46. The Morgan fingerprint density at radius 3 is 2.42 bits per heavy atom. The number of amides is 2. The van der Waals surface area contributed by atoms with Gasteiger partial charge in [-0.15, -0.1) is 11.3 Å². The molecule has 1 saturated carbocycles. The number of hydrogen-bond acceptors (Lipinski definition) is 4. The molecular formula is C24H34N2O4S. The molecule has 0 aromatic carbocycles. The zero-order chi connectivity index (χ0) is 22.0.